The molecule has 148 valence electrons. The normalized spacial score (nSPS) is 12.0. The van der Waals surface area contributed by atoms with Gasteiger partial charge in [-0.05, 0) is 69.8 Å². The highest BCUT2D eigenvalue weighted by Gasteiger charge is 2.20. The third kappa shape index (κ3) is 2.28. The lowest BCUT2D eigenvalue weighted by molar-refractivity contribution is 1.16. The molecule has 0 aliphatic rings. The van der Waals surface area contributed by atoms with Crippen molar-refractivity contribution in [3.8, 4) is 11.1 Å². The zero-order valence-electron chi connectivity index (χ0n) is 17.9. The molecule has 6 rings (SSSR count). The summed E-state index contributed by atoms with van der Waals surface area (Å²) in [5, 5.41) is 27.7. The number of rotatable bonds is 1. The first-order valence-corrected chi connectivity index (χ1v) is 10.6. The molecule has 2 nitrogen and oxygen atoms in total. The van der Waals surface area contributed by atoms with Crippen LogP contribution in [0.3, 0.4) is 0 Å². The molecule has 0 saturated carbocycles. The van der Waals surface area contributed by atoms with Gasteiger partial charge in [0.15, 0.2) is 0 Å². The van der Waals surface area contributed by atoms with Crippen molar-refractivity contribution >= 4 is 43.1 Å². The van der Waals surface area contributed by atoms with E-state index < -0.39 is 0 Å². The number of fused-ring (bicyclic) bond motifs is 2. The first-order valence-electron chi connectivity index (χ1n) is 10.6. The van der Waals surface area contributed by atoms with Crippen LogP contribution in [0.5, 0.6) is 0 Å². The van der Waals surface area contributed by atoms with Crippen LogP contribution >= 0.6 is 0 Å². The average molecular weight is 399 g/mol. The Morgan fingerprint density at radius 2 is 1.06 bits per heavy atom. The molecule has 0 radical (unpaired) electrons. The molecule has 0 fully saturated rings. The number of hydrogen-bond acceptors (Lipinski definition) is 2. The Kier molecular flexibility index (Phi) is 3.56. The molecule has 0 aliphatic heterocycles. The summed E-state index contributed by atoms with van der Waals surface area (Å²) in [4.78, 5) is 0. The van der Waals surface area contributed by atoms with Crippen molar-refractivity contribution in [1.29, 1.82) is 10.8 Å². The molecule has 0 aromatic heterocycles. The van der Waals surface area contributed by atoms with Crippen molar-refractivity contribution in [2.45, 2.75) is 20.8 Å². The fraction of sp³-hybridized carbons (Fsp3) is 0.103. The third-order valence-electron chi connectivity index (χ3n) is 6.73. The van der Waals surface area contributed by atoms with Crippen molar-refractivity contribution in [2.24, 2.45) is 0 Å². The standard InChI is InChI=1S/C29H22N2/c1-15-13-16(2)23(17(3)14-15)26-22-12-6-10-20-19-9-4-7-18-8-5-11-21(24(18)19)27(25(20)22)29(31)28(26)30/h4-14,30-31H,1-3H3. The van der Waals surface area contributed by atoms with E-state index in [0.717, 1.165) is 49.2 Å². The van der Waals surface area contributed by atoms with Gasteiger partial charge in [-0.25, -0.2) is 0 Å². The van der Waals surface area contributed by atoms with Gasteiger partial charge in [0.05, 0.1) is 10.7 Å². The molecular formula is C29H22N2. The van der Waals surface area contributed by atoms with Crippen molar-refractivity contribution in [2.75, 3.05) is 0 Å². The minimum atomic E-state index is 0.311. The predicted molar refractivity (Wildman–Crippen MR) is 130 cm³/mol. The molecule has 0 spiro atoms. The number of hydrogen-bond donors (Lipinski definition) is 2. The molecule has 0 heterocycles. The van der Waals surface area contributed by atoms with E-state index in [1.165, 1.54) is 21.7 Å². The Morgan fingerprint density at radius 3 is 1.74 bits per heavy atom. The van der Waals surface area contributed by atoms with Gasteiger partial charge in [0.25, 0.3) is 0 Å². The van der Waals surface area contributed by atoms with Crippen LogP contribution in [0, 0.1) is 31.6 Å². The first-order chi connectivity index (χ1) is 15.0. The van der Waals surface area contributed by atoms with E-state index in [1.54, 1.807) is 0 Å². The molecule has 0 atom stereocenters. The SMILES string of the molecule is Cc1cc(C)c(-c2c(=N)c(=N)c3c4cccc5cccc(c6cccc2c63)c54)c(C)c1. The lowest BCUT2D eigenvalue weighted by atomic mass is 9.84. The largest absolute Gasteiger partial charge is 0.298 e. The van der Waals surface area contributed by atoms with Gasteiger partial charge in [0, 0.05) is 16.3 Å². The highest BCUT2D eigenvalue weighted by molar-refractivity contribution is 6.33. The molecule has 31 heavy (non-hydrogen) atoms. The second kappa shape index (κ2) is 6.12. The molecule has 0 amide bonds. The van der Waals surface area contributed by atoms with E-state index in [4.69, 9.17) is 10.8 Å². The van der Waals surface area contributed by atoms with E-state index in [1.807, 2.05) is 0 Å². The average Bonchev–Trinajstić information content (AvgIpc) is 2.75. The monoisotopic (exact) mass is 398 g/mol. The van der Waals surface area contributed by atoms with E-state index >= 15 is 0 Å². The quantitative estimate of drug-likeness (QED) is 0.228. The maximum Gasteiger partial charge on any atom is 0.0880 e. The highest BCUT2D eigenvalue weighted by atomic mass is 14.5. The molecule has 6 aromatic rings. The Balaban J connectivity index is 1.97. The second-order valence-electron chi connectivity index (χ2n) is 8.71. The molecular weight excluding hydrogens is 376 g/mol. The van der Waals surface area contributed by atoms with Crippen molar-refractivity contribution < 1.29 is 0 Å². The molecule has 2 heteroatoms. The van der Waals surface area contributed by atoms with E-state index in [0.29, 0.717) is 10.7 Å². The molecule has 2 N–H and O–H groups in total. The van der Waals surface area contributed by atoms with Gasteiger partial charge in [0.1, 0.15) is 0 Å². The van der Waals surface area contributed by atoms with Crippen LogP contribution < -0.4 is 10.7 Å². The van der Waals surface area contributed by atoms with E-state index in [-0.39, 0.29) is 0 Å². The maximum atomic E-state index is 9.10. The van der Waals surface area contributed by atoms with E-state index in [2.05, 4.69) is 87.5 Å². The topological polar surface area (TPSA) is 47.7 Å². The number of nitrogens with one attached hydrogen (secondary N) is 2. The van der Waals surface area contributed by atoms with Crippen LogP contribution in [0.1, 0.15) is 16.7 Å². The van der Waals surface area contributed by atoms with Gasteiger partial charge in [0.2, 0.25) is 0 Å². The Hall–Kier alpha value is -3.78. The second-order valence-corrected chi connectivity index (χ2v) is 8.71. The minimum absolute atomic E-state index is 0.311. The zero-order chi connectivity index (χ0) is 21.4. The molecule has 0 bridgehead atoms. The summed E-state index contributed by atoms with van der Waals surface area (Å²) in [6.07, 6.45) is 0. The molecule has 0 unspecified atom stereocenters. The molecule has 6 aromatic carbocycles. The summed E-state index contributed by atoms with van der Waals surface area (Å²) in [5.74, 6) is 0. The fourth-order valence-corrected chi connectivity index (χ4v) is 5.64. The van der Waals surface area contributed by atoms with Gasteiger partial charge in [-0.1, -0.05) is 72.3 Å². The van der Waals surface area contributed by atoms with Crippen LogP contribution in [0.25, 0.3) is 54.2 Å². The number of benzene rings is 6. The lowest BCUT2D eigenvalue weighted by Gasteiger charge is -2.19. The van der Waals surface area contributed by atoms with Gasteiger partial charge in [-0.3, -0.25) is 10.8 Å². The lowest BCUT2D eigenvalue weighted by Crippen LogP contribution is -2.27. The summed E-state index contributed by atoms with van der Waals surface area (Å²) in [6.45, 7) is 6.34. The van der Waals surface area contributed by atoms with Gasteiger partial charge >= 0.3 is 0 Å². The van der Waals surface area contributed by atoms with Crippen LogP contribution in [0.2, 0.25) is 0 Å². The summed E-state index contributed by atoms with van der Waals surface area (Å²) in [6, 6.07) is 23.5. The summed E-state index contributed by atoms with van der Waals surface area (Å²) in [5.41, 5.74) is 5.51. The fourth-order valence-electron chi connectivity index (χ4n) is 5.64. The van der Waals surface area contributed by atoms with Crippen LogP contribution in [0.15, 0.2) is 66.7 Å². The van der Waals surface area contributed by atoms with Crippen LogP contribution in [-0.2, 0) is 0 Å². The summed E-state index contributed by atoms with van der Waals surface area (Å²) >= 11 is 0. The number of aryl methyl sites for hydroxylation is 3. The van der Waals surface area contributed by atoms with Crippen molar-refractivity contribution in [3.05, 3.63) is 94.1 Å². The molecule has 0 saturated heterocycles. The van der Waals surface area contributed by atoms with Gasteiger partial charge in [-0.2, -0.15) is 0 Å². The minimum Gasteiger partial charge on any atom is -0.298 e. The summed E-state index contributed by atoms with van der Waals surface area (Å²) < 4.78 is 0. The maximum absolute atomic E-state index is 9.10. The first kappa shape index (κ1) is 18.0. The Morgan fingerprint density at radius 1 is 0.516 bits per heavy atom. The van der Waals surface area contributed by atoms with Crippen molar-refractivity contribution in [3.63, 3.8) is 0 Å². The van der Waals surface area contributed by atoms with Crippen LogP contribution in [-0.4, -0.2) is 0 Å². The summed E-state index contributed by atoms with van der Waals surface area (Å²) in [7, 11) is 0. The Bertz CT molecular complexity index is 1770. The third-order valence-corrected chi connectivity index (χ3v) is 6.73. The zero-order valence-corrected chi connectivity index (χ0v) is 17.9. The highest BCUT2D eigenvalue weighted by Crippen LogP contribution is 2.41. The van der Waals surface area contributed by atoms with E-state index in [9.17, 15) is 0 Å². The smallest absolute Gasteiger partial charge is 0.0880 e. The predicted octanol–water partition coefficient (Wildman–Crippen LogP) is 6.73. The van der Waals surface area contributed by atoms with Crippen molar-refractivity contribution in [1.82, 2.24) is 0 Å². The van der Waals surface area contributed by atoms with Crippen LogP contribution in [0.4, 0.5) is 0 Å². The van der Waals surface area contributed by atoms with Gasteiger partial charge in [-0.15, -0.1) is 0 Å². The Labute approximate surface area is 180 Å². The molecule has 0 aliphatic carbocycles. The van der Waals surface area contributed by atoms with Gasteiger partial charge < -0.3 is 0 Å².